The molecule has 0 aliphatic carbocycles. The van der Waals surface area contributed by atoms with E-state index in [0.717, 1.165) is 74.4 Å². The predicted octanol–water partition coefficient (Wildman–Crippen LogP) is 7.91. The molecule has 0 saturated carbocycles. The van der Waals surface area contributed by atoms with E-state index in [-0.39, 0.29) is 0 Å². The molecule has 0 aliphatic rings. The Morgan fingerprint density at radius 3 is 2.76 bits per heavy atom. The van der Waals surface area contributed by atoms with E-state index >= 15 is 0 Å². The van der Waals surface area contributed by atoms with Gasteiger partial charge >= 0.3 is 0 Å². The largest absolute Gasteiger partial charge is 0.359 e. The van der Waals surface area contributed by atoms with E-state index in [0.29, 0.717) is 0 Å². The van der Waals surface area contributed by atoms with Gasteiger partial charge in [0.1, 0.15) is 11.2 Å². The van der Waals surface area contributed by atoms with Gasteiger partial charge < -0.3 is 10.3 Å². The molecule has 0 aromatic carbocycles. The van der Waals surface area contributed by atoms with Crippen LogP contribution in [0.5, 0.6) is 0 Å². The summed E-state index contributed by atoms with van der Waals surface area (Å²) in [5.41, 5.74) is 9.14. The van der Waals surface area contributed by atoms with Gasteiger partial charge in [0.2, 0.25) is 0 Å². The van der Waals surface area contributed by atoms with Crippen LogP contribution < -0.4 is 5.32 Å². The highest BCUT2D eigenvalue weighted by Crippen LogP contribution is 2.36. The fourth-order valence-corrected chi connectivity index (χ4v) is 5.28. The lowest BCUT2D eigenvalue weighted by molar-refractivity contribution is 0.829. The van der Waals surface area contributed by atoms with E-state index in [9.17, 15) is 0 Å². The Bertz CT molecular complexity index is 1680. The van der Waals surface area contributed by atoms with Gasteiger partial charge in [-0.2, -0.15) is 5.10 Å². The zero-order valence-corrected chi connectivity index (χ0v) is 22.2. The van der Waals surface area contributed by atoms with Crippen LogP contribution in [0.25, 0.3) is 49.3 Å². The fraction of sp³-hybridized carbons (Fsp3) is 0.167. The second kappa shape index (κ2) is 10.4. The second-order valence-corrected chi connectivity index (χ2v) is 10.2. The van der Waals surface area contributed by atoms with Crippen molar-refractivity contribution in [2.75, 3.05) is 0 Å². The van der Waals surface area contributed by atoms with E-state index in [1.165, 1.54) is 9.75 Å². The van der Waals surface area contributed by atoms with E-state index in [2.05, 4.69) is 70.7 Å². The van der Waals surface area contributed by atoms with Gasteiger partial charge in [0.05, 0.1) is 28.6 Å². The monoisotopic (exact) mass is 506 g/mol. The molecular weight excluding hydrogens is 476 g/mol. The lowest BCUT2D eigenvalue weighted by atomic mass is 10.1. The molecule has 0 spiro atoms. The number of H-pyrrole nitrogens is 2. The van der Waals surface area contributed by atoms with Gasteiger partial charge in [-0.25, -0.2) is 4.98 Å². The molecule has 37 heavy (non-hydrogen) atoms. The summed E-state index contributed by atoms with van der Waals surface area (Å²) in [5, 5.41) is 12.2. The minimum atomic E-state index is 0.777. The lowest BCUT2D eigenvalue weighted by Gasteiger charge is -2.11. The maximum atomic E-state index is 5.01. The van der Waals surface area contributed by atoms with Crippen LogP contribution >= 0.6 is 11.3 Å². The second-order valence-electron chi connectivity index (χ2n) is 8.93. The van der Waals surface area contributed by atoms with Crippen LogP contribution in [0.1, 0.15) is 37.3 Å². The van der Waals surface area contributed by atoms with Gasteiger partial charge in [-0.1, -0.05) is 32.6 Å². The summed E-state index contributed by atoms with van der Waals surface area (Å²) in [6.45, 7) is 14.3. The molecule has 0 atom stereocenters. The third kappa shape index (κ3) is 4.90. The minimum Gasteiger partial charge on any atom is -0.359 e. The quantitative estimate of drug-likeness (QED) is 0.177. The van der Waals surface area contributed by atoms with Crippen LogP contribution in [-0.2, 0) is 0 Å². The smallest absolute Gasteiger partial charge is 0.135 e. The molecule has 0 fully saturated rings. The Kier molecular flexibility index (Phi) is 6.88. The first-order valence-corrected chi connectivity index (χ1v) is 13.2. The summed E-state index contributed by atoms with van der Waals surface area (Å²) in [4.78, 5) is 15.5. The Morgan fingerprint density at radius 1 is 1.16 bits per heavy atom. The van der Waals surface area contributed by atoms with Gasteiger partial charge in [-0.05, 0) is 68.3 Å². The first kappa shape index (κ1) is 24.5. The number of aromatic amines is 2. The maximum absolute atomic E-state index is 5.01. The summed E-state index contributed by atoms with van der Waals surface area (Å²) in [6.07, 6.45) is 11.6. The Morgan fingerprint density at radius 2 is 2.03 bits per heavy atom. The highest BCUT2D eigenvalue weighted by atomic mass is 32.1. The van der Waals surface area contributed by atoms with Crippen LogP contribution in [-0.4, -0.2) is 25.1 Å². The number of pyridine rings is 2. The van der Waals surface area contributed by atoms with E-state index < -0.39 is 0 Å². The van der Waals surface area contributed by atoms with Crippen molar-refractivity contribution in [3.8, 4) is 21.8 Å². The third-order valence-corrected chi connectivity index (χ3v) is 7.26. The van der Waals surface area contributed by atoms with Crippen LogP contribution in [0.15, 0.2) is 85.5 Å². The normalized spacial score (nSPS) is 12.4. The molecule has 0 saturated heterocycles. The number of aryl methyl sites for hydroxylation is 1. The van der Waals surface area contributed by atoms with Gasteiger partial charge in [0, 0.05) is 38.3 Å². The fourth-order valence-electron chi connectivity index (χ4n) is 4.39. The highest BCUT2D eigenvalue weighted by molar-refractivity contribution is 7.15. The molecule has 5 heterocycles. The number of rotatable bonds is 9. The van der Waals surface area contributed by atoms with E-state index in [4.69, 9.17) is 4.98 Å². The topological polar surface area (TPSA) is 82.3 Å². The maximum Gasteiger partial charge on any atom is 0.135 e. The van der Waals surface area contributed by atoms with E-state index in [1.807, 2.05) is 43.6 Å². The Labute approximate surface area is 220 Å². The number of allylic oxidation sites excluding steroid dienone is 5. The number of fused-ring (bicyclic) bond motifs is 2. The SMILES string of the molecule is C=C/C(=C\C(=C/C)c1ccc2[nH]nc(-c3cc4c(-c5ccc(C)s5)cncc4[nH]3)c2n1)NC(=C)CCC. The number of thiophene rings is 1. The lowest BCUT2D eigenvalue weighted by Crippen LogP contribution is -2.10. The molecule has 186 valence electrons. The number of nitrogens with one attached hydrogen (secondary N) is 3. The van der Waals surface area contributed by atoms with Crippen molar-refractivity contribution in [1.82, 2.24) is 30.5 Å². The van der Waals surface area contributed by atoms with Crippen LogP contribution in [0.3, 0.4) is 0 Å². The number of hydrogen-bond acceptors (Lipinski definition) is 5. The van der Waals surface area contributed by atoms with Crippen LogP contribution in [0.2, 0.25) is 0 Å². The van der Waals surface area contributed by atoms with Crippen molar-refractivity contribution in [3.63, 3.8) is 0 Å². The number of nitrogens with zero attached hydrogens (tertiary/aromatic N) is 3. The number of aromatic nitrogens is 5. The first-order chi connectivity index (χ1) is 18.0. The molecule has 0 amide bonds. The summed E-state index contributed by atoms with van der Waals surface area (Å²) >= 11 is 1.77. The molecule has 0 bridgehead atoms. The summed E-state index contributed by atoms with van der Waals surface area (Å²) in [7, 11) is 0. The van der Waals surface area contributed by atoms with Gasteiger partial charge in [0.15, 0.2) is 0 Å². The first-order valence-electron chi connectivity index (χ1n) is 12.3. The van der Waals surface area contributed by atoms with Crippen molar-refractivity contribution in [3.05, 3.63) is 96.1 Å². The van der Waals surface area contributed by atoms with Crippen molar-refractivity contribution in [2.45, 2.75) is 33.6 Å². The molecule has 6 nitrogen and oxygen atoms in total. The Hall–Kier alpha value is -4.23. The minimum absolute atomic E-state index is 0.777. The molecule has 5 rings (SSSR count). The molecule has 5 aromatic rings. The van der Waals surface area contributed by atoms with Crippen LogP contribution in [0.4, 0.5) is 0 Å². The Balaban J connectivity index is 1.54. The average Bonchev–Trinajstić information content (AvgIpc) is 3.63. The molecule has 5 aromatic heterocycles. The molecular formula is C30H30N6S. The number of hydrogen-bond donors (Lipinski definition) is 3. The molecule has 0 unspecified atom stereocenters. The third-order valence-electron chi connectivity index (χ3n) is 6.22. The zero-order valence-electron chi connectivity index (χ0n) is 21.4. The predicted molar refractivity (Wildman–Crippen MR) is 156 cm³/mol. The van der Waals surface area contributed by atoms with E-state index in [1.54, 1.807) is 17.4 Å². The average molecular weight is 507 g/mol. The van der Waals surface area contributed by atoms with Gasteiger partial charge in [-0.3, -0.25) is 10.1 Å². The van der Waals surface area contributed by atoms with Gasteiger partial charge in [-0.15, -0.1) is 11.3 Å². The summed E-state index contributed by atoms with van der Waals surface area (Å²) in [6, 6.07) is 10.5. The van der Waals surface area contributed by atoms with Gasteiger partial charge in [0.25, 0.3) is 0 Å². The molecule has 7 heteroatoms. The molecule has 0 radical (unpaired) electrons. The summed E-state index contributed by atoms with van der Waals surface area (Å²) in [5.74, 6) is 0. The van der Waals surface area contributed by atoms with Crippen molar-refractivity contribution >= 4 is 38.8 Å². The molecule has 0 aliphatic heterocycles. The highest BCUT2D eigenvalue weighted by Gasteiger charge is 2.16. The summed E-state index contributed by atoms with van der Waals surface area (Å²) < 4.78 is 0. The van der Waals surface area contributed by atoms with Crippen molar-refractivity contribution in [2.24, 2.45) is 0 Å². The van der Waals surface area contributed by atoms with Crippen LogP contribution in [0, 0.1) is 6.92 Å². The molecule has 3 N–H and O–H groups in total. The van der Waals surface area contributed by atoms with Crippen molar-refractivity contribution in [1.29, 1.82) is 0 Å². The van der Waals surface area contributed by atoms with Crippen molar-refractivity contribution < 1.29 is 0 Å². The zero-order chi connectivity index (χ0) is 25.9. The standard InChI is InChI=1S/C30H30N6S/c1-6-9-18(4)32-21(8-3)14-20(7-2)24-11-12-25-29(34-24)30(36-35-25)26-15-22-23(16-31-17-27(22)33-26)28-13-10-19(5)37-28/h7-8,10-17,32-33H,3-4,6,9H2,1-2,5H3,(H,35,36)/b20-7+,21-14+.